The Labute approximate surface area is 186 Å². The Balaban J connectivity index is 2.08. The minimum atomic E-state index is -0.505. The van der Waals surface area contributed by atoms with Crippen LogP contribution in [-0.4, -0.2) is 42.5 Å². The highest BCUT2D eigenvalue weighted by Gasteiger charge is 2.28. The fourth-order valence-corrected chi connectivity index (χ4v) is 3.44. The molecule has 0 aliphatic rings. The van der Waals surface area contributed by atoms with E-state index in [0.717, 1.165) is 12.0 Å². The van der Waals surface area contributed by atoms with Crippen LogP contribution >= 0.6 is 0 Å². The molecule has 0 spiro atoms. The van der Waals surface area contributed by atoms with Crippen molar-refractivity contribution in [3.05, 3.63) is 65.7 Å². The molecule has 31 heavy (non-hydrogen) atoms. The van der Waals surface area contributed by atoms with Crippen molar-refractivity contribution in [2.24, 2.45) is 0 Å². The predicted molar refractivity (Wildman–Crippen MR) is 125 cm³/mol. The first-order valence-corrected chi connectivity index (χ1v) is 11.3. The molecule has 0 unspecified atom stereocenters. The van der Waals surface area contributed by atoms with E-state index in [1.165, 1.54) is 5.56 Å². The van der Waals surface area contributed by atoms with Gasteiger partial charge in [-0.25, -0.2) is 0 Å². The van der Waals surface area contributed by atoms with Crippen LogP contribution in [0.2, 0.25) is 0 Å². The van der Waals surface area contributed by atoms with E-state index in [9.17, 15) is 9.59 Å². The summed E-state index contributed by atoms with van der Waals surface area (Å²) in [5.74, 6) is 0.815. The Morgan fingerprint density at radius 3 is 2.26 bits per heavy atom. The first-order valence-electron chi connectivity index (χ1n) is 11.3. The molecule has 5 heteroatoms. The number of nitrogens with one attached hydrogen (secondary N) is 1. The quantitative estimate of drug-likeness (QED) is 0.543. The van der Waals surface area contributed by atoms with Crippen molar-refractivity contribution >= 4 is 11.8 Å². The van der Waals surface area contributed by atoms with Crippen molar-refractivity contribution in [3.8, 4) is 5.75 Å². The van der Waals surface area contributed by atoms with Crippen LogP contribution < -0.4 is 10.1 Å². The molecule has 2 amide bonds. The molecule has 0 aliphatic carbocycles. The van der Waals surface area contributed by atoms with E-state index in [1.54, 1.807) is 4.90 Å². The van der Waals surface area contributed by atoms with E-state index in [-0.39, 0.29) is 18.4 Å². The summed E-state index contributed by atoms with van der Waals surface area (Å²) in [4.78, 5) is 27.5. The zero-order valence-corrected chi connectivity index (χ0v) is 19.3. The van der Waals surface area contributed by atoms with Gasteiger partial charge in [0.1, 0.15) is 11.8 Å². The first-order chi connectivity index (χ1) is 15.0. The minimum Gasteiger partial charge on any atom is -0.484 e. The van der Waals surface area contributed by atoms with Crippen molar-refractivity contribution < 1.29 is 14.3 Å². The normalized spacial score (nSPS) is 11.8. The van der Waals surface area contributed by atoms with Gasteiger partial charge in [-0.1, -0.05) is 70.2 Å². The number of benzene rings is 2. The number of carbonyl (C=O) groups excluding carboxylic acids is 2. The van der Waals surface area contributed by atoms with Crippen LogP contribution in [0, 0.1) is 0 Å². The summed E-state index contributed by atoms with van der Waals surface area (Å²) in [5.41, 5.74) is 2.36. The maximum atomic E-state index is 13.1. The third-order valence-electron chi connectivity index (χ3n) is 5.33. The van der Waals surface area contributed by atoms with Gasteiger partial charge in [-0.3, -0.25) is 9.59 Å². The summed E-state index contributed by atoms with van der Waals surface area (Å²) in [5, 5.41) is 2.93. The summed E-state index contributed by atoms with van der Waals surface area (Å²) in [7, 11) is 0. The predicted octanol–water partition coefficient (Wildman–Crippen LogP) is 4.56. The highest BCUT2D eigenvalue weighted by Crippen LogP contribution is 2.19. The molecular weight excluding hydrogens is 388 g/mol. The van der Waals surface area contributed by atoms with Gasteiger partial charge in [0.15, 0.2) is 6.61 Å². The van der Waals surface area contributed by atoms with Crippen LogP contribution in [-0.2, 0) is 16.0 Å². The van der Waals surface area contributed by atoms with Crippen LogP contribution in [0.1, 0.15) is 57.6 Å². The third kappa shape index (κ3) is 7.74. The van der Waals surface area contributed by atoms with E-state index >= 15 is 0 Å². The van der Waals surface area contributed by atoms with Gasteiger partial charge in [0, 0.05) is 13.1 Å². The fourth-order valence-electron chi connectivity index (χ4n) is 3.44. The largest absolute Gasteiger partial charge is 0.484 e. The molecular formula is C26H36N2O3. The molecule has 0 aliphatic heterocycles. The van der Waals surface area contributed by atoms with Gasteiger partial charge in [0.2, 0.25) is 5.91 Å². The van der Waals surface area contributed by atoms with E-state index in [4.69, 9.17) is 4.74 Å². The molecule has 0 aromatic heterocycles. The Morgan fingerprint density at radius 2 is 1.68 bits per heavy atom. The summed E-state index contributed by atoms with van der Waals surface area (Å²) < 4.78 is 5.77. The van der Waals surface area contributed by atoms with Gasteiger partial charge in [-0.05, 0) is 48.4 Å². The van der Waals surface area contributed by atoms with Gasteiger partial charge in [-0.15, -0.1) is 0 Å². The molecule has 0 heterocycles. The van der Waals surface area contributed by atoms with Crippen LogP contribution in [0.5, 0.6) is 5.75 Å². The highest BCUT2D eigenvalue weighted by atomic mass is 16.5. The molecule has 0 saturated carbocycles. The minimum absolute atomic E-state index is 0.0899. The molecule has 0 fully saturated rings. The lowest BCUT2D eigenvalue weighted by molar-refractivity contribution is -0.142. The van der Waals surface area contributed by atoms with Crippen molar-refractivity contribution in [2.75, 3.05) is 19.7 Å². The van der Waals surface area contributed by atoms with E-state index < -0.39 is 6.04 Å². The van der Waals surface area contributed by atoms with Gasteiger partial charge in [0.05, 0.1) is 0 Å². The van der Waals surface area contributed by atoms with Crippen molar-refractivity contribution in [3.63, 3.8) is 0 Å². The molecule has 1 atom stereocenters. The lowest BCUT2D eigenvalue weighted by Crippen LogP contribution is -2.51. The second-order valence-electron chi connectivity index (χ2n) is 8.05. The molecule has 5 nitrogen and oxygen atoms in total. The lowest BCUT2D eigenvalue weighted by atomic mass is 10.0. The zero-order valence-electron chi connectivity index (χ0n) is 19.3. The third-order valence-corrected chi connectivity index (χ3v) is 5.33. The first kappa shape index (κ1) is 24.4. The standard InChI is InChI=1S/C26H36N2O3/c1-5-17-27-26(30)24(6-2)28(18-16-21-10-8-7-9-11-21)25(29)19-31-23-14-12-22(13-15-23)20(3)4/h7-15,20,24H,5-6,16-19H2,1-4H3,(H,27,30)/t24-/m1/s1. The molecule has 0 saturated heterocycles. The second-order valence-corrected chi connectivity index (χ2v) is 8.05. The monoisotopic (exact) mass is 424 g/mol. The number of ether oxygens (including phenoxy) is 1. The van der Waals surface area contributed by atoms with Crippen LogP contribution in [0.4, 0.5) is 0 Å². The van der Waals surface area contributed by atoms with E-state index in [2.05, 4.69) is 19.2 Å². The van der Waals surface area contributed by atoms with Crippen LogP contribution in [0.25, 0.3) is 0 Å². The number of carbonyl (C=O) groups is 2. The van der Waals surface area contributed by atoms with Crippen LogP contribution in [0.3, 0.4) is 0 Å². The maximum Gasteiger partial charge on any atom is 0.261 e. The molecule has 0 bridgehead atoms. The topological polar surface area (TPSA) is 58.6 Å². The SMILES string of the molecule is CCCNC(=O)[C@@H](CC)N(CCc1ccccc1)C(=O)COc1ccc(C(C)C)cc1. The van der Waals surface area contributed by atoms with Gasteiger partial charge in [0.25, 0.3) is 5.91 Å². The zero-order chi connectivity index (χ0) is 22.6. The molecule has 168 valence electrons. The summed E-state index contributed by atoms with van der Waals surface area (Å²) in [6.45, 7) is 9.21. The summed E-state index contributed by atoms with van der Waals surface area (Å²) >= 11 is 0. The lowest BCUT2D eigenvalue weighted by Gasteiger charge is -2.30. The summed E-state index contributed by atoms with van der Waals surface area (Å²) in [6, 6.07) is 17.3. The Bertz CT molecular complexity index is 803. The number of hydrogen-bond acceptors (Lipinski definition) is 3. The van der Waals surface area contributed by atoms with Crippen LogP contribution in [0.15, 0.2) is 54.6 Å². The van der Waals surface area contributed by atoms with Gasteiger partial charge >= 0.3 is 0 Å². The molecule has 2 aromatic carbocycles. The summed E-state index contributed by atoms with van der Waals surface area (Å²) in [6.07, 6.45) is 2.10. The average Bonchev–Trinajstić information content (AvgIpc) is 2.79. The fraction of sp³-hybridized carbons (Fsp3) is 0.462. The van der Waals surface area contributed by atoms with E-state index in [0.29, 0.717) is 37.6 Å². The molecule has 0 radical (unpaired) electrons. The van der Waals surface area contributed by atoms with Crippen molar-refractivity contribution in [1.82, 2.24) is 10.2 Å². The second kappa shape index (κ2) is 12.8. The maximum absolute atomic E-state index is 13.1. The Morgan fingerprint density at radius 1 is 1.00 bits per heavy atom. The molecule has 2 aromatic rings. The van der Waals surface area contributed by atoms with Crippen molar-refractivity contribution in [2.45, 2.75) is 58.9 Å². The van der Waals surface area contributed by atoms with Gasteiger partial charge < -0.3 is 15.0 Å². The number of hydrogen-bond donors (Lipinski definition) is 1. The number of nitrogens with zero attached hydrogens (tertiary/aromatic N) is 1. The van der Waals surface area contributed by atoms with Gasteiger partial charge in [-0.2, -0.15) is 0 Å². The smallest absolute Gasteiger partial charge is 0.261 e. The Kier molecular flexibility index (Phi) is 10.1. The highest BCUT2D eigenvalue weighted by molar-refractivity contribution is 5.88. The number of amides is 2. The number of rotatable bonds is 12. The molecule has 1 N–H and O–H groups in total. The van der Waals surface area contributed by atoms with Crippen molar-refractivity contribution in [1.29, 1.82) is 0 Å². The van der Waals surface area contributed by atoms with E-state index in [1.807, 2.05) is 68.4 Å². The Hall–Kier alpha value is -2.82. The molecule has 2 rings (SSSR count). The average molecular weight is 425 g/mol.